The Hall–Kier alpha value is -1.88. The van der Waals surface area contributed by atoms with Gasteiger partial charge in [0.1, 0.15) is 0 Å². The highest BCUT2D eigenvalue weighted by molar-refractivity contribution is 5.34. The van der Waals surface area contributed by atoms with Crippen molar-refractivity contribution in [3.8, 4) is 5.75 Å². The zero-order valence-corrected chi connectivity index (χ0v) is 11.4. The fraction of sp³-hybridized carbons (Fsp3) is 0.357. The smallest absolute Gasteiger partial charge is 0.165 e. The first-order chi connectivity index (χ1) is 9.06. The van der Waals surface area contributed by atoms with Gasteiger partial charge in [0.15, 0.2) is 11.6 Å². The fourth-order valence-electron chi connectivity index (χ4n) is 2.05. The number of hydrogen-bond donors (Lipinski definition) is 1. The van der Waals surface area contributed by atoms with Crippen LogP contribution in [0.1, 0.15) is 29.9 Å². The molecule has 2 aromatic rings. The topological polar surface area (TPSA) is 53.1 Å². The van der Waals surface area contributed by atoms with E-state index in [4.69, 9.17) is 10.5 Å². The third-order valence-corrected chi connectivity index (χ3v) is 3.18. The molecule has 4 nitrogen and oxygen atoms in total. The molecule has 1 unspecified atom stereocenters. The van der Waals surface area contributed by atoms with Crippen LogP contribution < -0.4 is 10.5 Å². The quantitative estimate of drug-likeness (QED) is 0.919. The van der Waals surface area contributed by atoms with Gasteiger partial charge in [-0.1, -0.05) is 13.0 Å². The highest BCUT2D eigenvalue weighted by atomic mass is 19.1. The highest BCUT2D eigenvalue weighted by Gasteiger charge is 2.16. The van der Waals surface area contributed by atoms with Gasteiger partial charge >= 0.3 is 0 Å². The largest absolute Gasteiger partial charge is 0.494 e. The Morgan fingerprint density at radius 1 is 1.42 bits per heavy atom. The van der Waals surface area contributed by atoms with E-state index >= 15 is 0 Å². The van der Waals surface area contributed by atoms with Gasteiger partial charge in [0.2, 0.25) is 0 Å². The van der Waals surface area contributed by atoms with Crippen molar-refractivity contribution >= 4 is 0 Å². The number of aryl methyl sites for hydroxylation is 2. The molecular weight excluding hydrogens is 245 g/mol. The number of methoxy groups -OCH3 is 1. The number of nitrogens with two attached hydrogens (primary N) is 1. The Morgan fingerprint density at radius 2 is 2.16 bits per heavy atom. The molecule has 19 heavy (non-hydrogen) atoms. The summed E-state index contributed by atoms with van der Waals surface area (Å²) in [4.78, 5) is 0. The summed E-state index contributed by atoms with van der Waals surface area (Å²) in [5, 5.41) is 4.35. The first kappa shape index (κ1) is 13.5. The molecule has 0 aliphatic carbocycles. The summed E-state index contributed by atoms with van der Waals surface area (Å²) in [7, 11) is 3.28. The van der Waals surface area contributed by atoms with Gasteiger partial charge in [-0.2, -0.15) is 5.10 Å². The van der Waals surface area contributed by atoms with Crippen molar-refractivity contribution in [1.29, 1.82) is 0 Å². The predicted octanol–water partition coefficient (Wildman–Crippen LogP) is 2.18. The van der Waals surface area contributed by atoms with E-state index in [9.17, 15) is 4.39 Å². The van der Waals surface area contributed by atoms with Gasteiger partial charge in [-0.05, 0) is 30.2 Å². The number of halogens is 1. The normalized spacial score (nSPS) is 12.5. The van der Waals surface area contributed by atoms with Gasteiger partial charge in [0, 0.05) is 7.05 Å². The van der Waals surface area contributed by atoms with E-state index in [2.05, 4.69) is 5.10 Å². The van der Waals surface area contributed by atoms with E-state index in [1.165, 1.54) is 13.2 Å². The molecule has 1 atom stereocenters. The Kier molecular flexibility index (Phi) is 3.85. The lowest BCUT2D eigenvalue weighted by Gasteiger charge is -2.13. The molecule has 0 fully saturated rings. The number of aromatic nitrogens is 2. The number of hydrogen-bond acceptors (Lipinski definition) is 3. The maximum absolute atomic E-state index is 13.7. The van der Waals surface area contributed by atoms with Gasteiger partial charge in [-0.15, -0.1) is 0 Å². The van der Waals surface area contributed by atoms with Gasteiger partial charge in [0.25, 0.3) is 0 Å². The molecule has 0 bridgehead atoms. The molecule has 0 radical (unpaired) electrons. The molecule has 0 aliphatic rings. The Labute approximate surface area is 112 Å². The molecule has 1 aromatic heterocycles. The minimum absolute atomic E-state index is 0.218. The van der Waals surface area contributed by atoms with Crippen LogP contribution in [0.25, 0.3) is 0 Å². The minimum atomic E-state index is -0.409. The lowest BCUT2D eigenvalue weighted by molar-refractivity contribution is 0.386. The first-order valence-electron chi connectivity index (χ1n) is 6.18. The van der Waals surface area contributed by atoms with E-state index in [0.717, 1.165) is 17.8 Å². The van der Waals surface area contributed by atoms with Crippen molar-refractivity contribution in [3.63, 3.8) is 0 Å². The molecule has 2 rings (SSSR count). The first-order valence-corrected chi connectivity index (χ1v) is 6.18. The van der Waals surface area contributed by atoms with Crippen LogP contribution in [0.4, 0.5) is 4.39 Å². The van der Waals surface area contributed by atoms with E-state index in [0.29, 0.717) is 5.56 Å². The monoisotopic (exact) mass is 263 g/mol. The lowest BCUT2D eigenvalue weighted by Crippen LogP contribution is -2.16. The number of ether oxygens (including phenoxy) is 1. The standard InChI is InChI=1S/C14H18FN3O/c1-4-10-8-12(18(2)17-10)14(16)9-5-6-13(19-3)11(15)7-9/h5-8,14H,4,16H2,1-3H3. The summed E-state index contributed by atoms with van der Waals surface area (Å²) >= 11 is 0. The second-order valence-electron chi connectivity index (χ2n) is 4.41. The molecule has 102 valence electrons. The molecule has 0 spiro atoms. The van der Waals surface area contributed by atoms with Crippen LogP contribution in [-0.4, -0.2) is 16.9 Å². The van der Waals surface area contributed by atoms with Crippen molar-refractivity contribution in [2.24, 2.45) is 12.8 Å². The van der Waals surface area contributed by atoms with Crippen molar-refractivity contribution in [3.05, 3.63) is 47.0 Å². The van der Waals surface area contributed by atoms with E-state index in [-0.39, 0.29) is 5.75 Å². The molecule has 1 aromatic carbocycles. The van der Waals surface area contributed by atoms with Crippen molar-refractivity contribution in [2.75, 3.05) is 7.11 Å². The molecular formula is C14H18FN3O. The minimum Gasteiger partial charge on any atom is -0.494 e. The third kappa shape index (κ3) is 2.61. The van der Waals surface area contributed by atoms with E-state index < -0.39 is 11.9 Å². The Balaban J connectivity index is 2.35. The van der Waals surface area contributed by atoms with Crippen molar-refractivity contribution in [2.45, 2.75) is 19.4 Å². The average Bonchev–Trinajstić information content (AvgIpc) is 2.79. The van der Waals surface area contributed by atoms with Crippen LogP contribution in [0.3, 0.4) is 0 Å². The predicted molar refractivity (Wildman–Crippen MR) is 71.6 cm³/mol. The van der Waals surface area contributed by atoms with Crippen molar-refractivity contribution < 1.29 is 9.13 Å². The van der Waals surface area contributed by atoms with Gasteiger partial charge in [0.05, 0.1) is 24.5 Å². The van der Waals surface area contributed by atoms with E-state index in [1.54, 1.807) is 16.8 Å². The van der Waals surface area contributed by atoms with Gasteiger partial charge in [-0.25, -0.2) is 4.39 Å². The zero-order valence-electron chi connectivity index (χ0n) is 11.4. The third-order valence-electron chi connectivity index (χ3n) is 3.18. The highest BCUT2D eigenvalue weighted by Crippen LogP contribution is 2.25. The second kappa shape index (κ2) is 5.40. The second-order valence-corrected chi connectivity index (χ2v) is 4.41. The number of benzene rings is 1. The van der Waals surface area contributed by atoms with E-state index in [1.807, 2.05) is 20.0 Å². The average molecular weight is 263 g/mol. The molecule has 0 saturated heterocycles. The van der Waals surface area contributed by atoms with Crippen molar-refractivity contribution in [1.82, 2.24) is 9.78 Å². The van der Waals surface area contributed by atoms with Crippen LogP contribution in [-0.2, 0) is 13.5 Å². The zero-order chi connectivity index (χ0) is 14.0. The van der Waals surface area contributed by atoms with Crippen LogP contribution in [0.15, 0.2) is 24.3 Å². The maximum Gasteiger partial charge on any atom is 0.165 e. The summed E-state index contributed by atoms with van der Waals surface area (Å²) in [6.45, 7) is 2.03. The number of rotatable bonds is 4. The SMILES string of the molecule is CCc1cc(C(N)c2ccc(OC)c(F)c2)n(C)n1. The summed E-state index contributed by atoms with van der Waals surface area (Å²) in [5.41, 5.74) is 8.71. The molecule has 5 heteroatoms. The fourth-order valence-corrected chi connectivity index (χ4v) is 2.05. The molecule has 0 amide bonds. The van der Waals surface area contributed by atoms with Crippen LogP contribution in [0, 0.1) is 5.82 Å². The molecule has 0 saturated carbocycles. The van der Waals surface area contributed by atoms with Crippen LogP contribution >= 0.6 is 0 Å². The molecule has 1 heterocycles. The molecule has 0 aliphatic heterocycles. The molecule has 2 N–H and O–H groups in total. The maximum atomic E-state index is 13.7. The van der Waals surface area contributed by atoms with Gasteiger partial charge < -0.3 is 10.5 Å². The Morgan fingerprint density at radius 3 is 2.68 bits per heavy atom. The van der Waals surface area contributed by atoms with Crippen LogP contribution in [0.2, 0.25) is 0 Å². The van der Waals surface area contributed by atoms with Gasteiger partial charge in [-0.3, -0.25) is 4.68 Å². The number of nitrogens with zero attached hydrogens (tertiary/aromatic N) is 2. The summed E-state index contributed by atoms with van der Waals surface area (Å²) in [6, 6.07) is 6.31. The lowest BCUT2D eigenvalue weighted by atomic mass is 10.0. The summed E-state index contributed by atoms with van der Waals surface area (Å²) in [6.07, 6.45) is 0.845. The Bertz CT molecular complexity index is 580. The van der Waals surface area contributed by atoms with Crippen LogP contribution in [0.5, 0.6) is 5.75 Å². The summed E-state index contributed by atoms with van der Waals surface area (Å²) in [5.74, 6) is -0.191. The summed E-state index contributed by atoms with van der Waals surface area (Å²) < 4.78 is 20.3.